The second-order valence-electron chi connectivity index (χ2n) is 14.5. The van der Waals surface area contributed by atoms with E-state index in [-0.39, 0.29) is 0 Å². The summed E-state index contributed by atoms with van der Waals surface area (Å²) >= 11 is 1.86. The summed E-state index contributed by atoms with van der Waals surface area (Å²) in [5.74, 6) is 0. The molecule has 274 valence electrons. The zero-order valence-electron chi connectivity index (χ0n) is 31.5. The Morgan fingerprint density at radius 1 is 0.345 bits per heavy atom. The number of para-hydroxylation sites is 4. The molecular formula is C54H36N2OS. The molecule has 3 nitrogen and oxygen atoms in total. The second kappa shape index (κ2) is 14.3. The largest absolute Gasteiger partial charge is 0.456 e. The lowest BCUT2D eigenvalue weighted by atomic mass is 9.98. The Morgan fingerprint density at radius 3 is 1.66 bits per heavy atom. The van der Waals surface area contributed by atoms with Gasteiger partial charge >= 0.3 is 0 Å². The van der Waals surface area contributed by atoms with Gasteiger partial charge in [0.1, 0.15) is 11.2 Å². The number of nitrogens with zero attached hydrogens (tertiary/aromatic N) is 2. The molecule has 0 radical (unpaired) electrons. The highest BCUT2D eigenvalue weighted by molar-refractivity contribution is 7.26. The van der Waals surface area contributed by atoms with Crippen molar-refractivity contribution in [2.45, 2.75) is 0 Å². The molecule has 4 heteroatoms. The predicted molar refractivity (Wildman–Crippen MR) is 247 cm³/mol. The molecule has 9 aromatic carbocycles. The first-order valence-corrected chi connectivity index (χ1v) is 20.4. The number of hydrogen-bond donors (Lipinski definition) is 0. The minimum absolute atomic E-state index is 0.908. The highest BCUT2D eigenvalue weighted by Crippen LogP contribution is 2.48. The Balaban J connectivity index is 1.02. The van der Waals surface area contributed by atoms with Gasteiger partial charge in [-0.25, -0.2) is 0 Å². The number of anilines is 6. The molecule has 0 saturated carbocycles. The molecule has 11 rings (SSSR count). The van der Waals surface area contributed by atoms with Gasteiger partial charge in [0.05, 0.1) is 10.4 Å². The molecule has 0 bridgehead atoms. The standard InChI is InChI=1S/C54H36N2OS/c1-4-16-40(17-5-1)55(41-18-6-2-7-19-41)44-22-12-15-39(35-44)45-24-14-28-52-53(45)47-25-13-26-49(54(47)58-52)56(42-20-8-3-9-21-42)43-32-29-37(30-33-43)38-31-34-51-48(36-38)46-23-10-11-27-50(46)57-51/h1-36H. The molecule has 0 unspecified atom stereocenters. The lowest BCUT2D eigenvalue weighted by Crippen LogP contribution is -2.09. The van der Waals surface area contributed by atoms with Gasteiger partial charge in [-0.2, -0.15) is 0 Å². The molecule has 2 aromatic heterocycles. The maximum absolute atomic E-state index is 6.12. The maximum atomic E-state index is 6.12. The number of rotatable bonds is 8. The van der Waals surface area contributed by atoms with Gasteiger partial charge in [0.2, 0.25) is 0 Å². The van der Waals surface area contributed by atoms with E-state index in [1.165, 1.54) is 31.3 Å². The average Bonchev–Trinajstić information content (AvgIpc) is 3.87. The SMILES string of the molecule is c1ccc(N(c2ccccc2)c2cccc(-c3cccc4sc5c(N(c6ccccc6)c6ccc(-c7ccc8oc9ccccc9c8c7)cc6)cccc5c34)c2)cc1. The van der Waals surface area contributed by atoms with Crippen molar-refractivity contribution in [3.63, 3.8) is 0 Å². The first-order valence-electron chi connectivity index (χ1n) is 19.6. The molecular weight excluding hydrogens is 725 g/mol. The van der Waals surface area contributed by atoms with E-state index >= 15 is 0 Å². The molecule has 11 aromatic rings. The number of fused-ring (bicyclic) bond motifs is 6. The van der Waals surface area contributed by atoms with Crippen molar-refractivity contribution >= 4 is 87.6 Å². The van der Waals surface area contributed by atoms with E-state index in [9.17, 15) is 0 Å². The van der Waals surface area contributed by atoms with Gasteiger partial charge < -0.3 is 14.2 Å². The van der Waals surface area contributed by atoms with Crippen LogP contribution in [0.3, 0.4) is 0 Å². The zero-order chi connectivity index (χ0) is 38.4. The third kappa shape index (κ3) is 5.90. The number of furan rings is 1. The molecule has 2 heterocycles. The lowest BCUT2D eigenvalue weighted by Gasteiger charge is -2.26. The summed E-state index contributed by atoms with van der Waals surface area (Å²) < 4.78 is 8.64. The zero-order valence-corrected chi connectivity index (χ0v) is 32.3. The smallest absolute Gasteiger partial charge is 0.135 e. The van der Waals surface area contributed by atoms with Crippen LogP contribution in [-0.2, 0) is 0 Å². The Hall–Kier alpha value is -7.40. The molecule has 58 heavy (non-hydrogen) atoms. The van der Waals surface area contributed by atoms with Crippen LogP contribution in [0, 0.1) is 0 Å². The fourth-order valence-corrected chi connectivity index (χ4v) is 9.61. The summed E-state index contributed by atoms with van der Waals surface area (Å²) in [6.07, 6.45) is 0. The summed E-state index contributed by atoms with van der Waals surface area (Å²) in [7, 11) is 0. The summed E-state index contributed by atoms with van der Waals surface area (Å²) in [5, 5.41) is 4.80. The van der Waals surface area contributed by atoms with E-state index < -0.39 is 0 Å². The van der Waals surface area contributed by atoms with Crippen LogP contribution in [0.2, 0.25) is 0 Å². The Kier molecular flexibility index (Phi) is 8.34. The van der Waals surface area contributed by atoms with Crippen LogP contribution in [0.25, 0.3) is 64.4 Å². The summed E-state index contributed by atoms with van der Waals surface area (Å²) in [6.45, 7) is 0. The van der Waals surface area contributed by atoms with Crippen molar-refractivity contribution in [3.05, 3.63) is 218 Å². The molecule has 0 fully saturated rings. The van der Waals surface area contributed by atoms with Gasteiger partial charge in [-0.15, -0.1) is 11.3 Å². The van der Waals surface area contributed by atoms with E-state index in [0.29, 0.717) is 0 Å². The van der Waals surface area contributed by atoms with E-state index in [2.05, 4.69) is 216 Å². The third-order valence-electron chi connectivity index (χ3n) is 11.0. The van der Waals surface area contributed by atoms with Gasteiger partial charge in [-0.1, -0.05) is 127 Å². The lowest BCUT2D eigenvalue weighted by molar-refractivity contribution is 0.669. The maximum Gasteiger partial charge on any atom is 0.135 e. The number of hydrogen-bond acceptors (Lipinski definition) is 4. The Bertz CT molecular complexity index is 3190. The summed E-state index contributed by atoms with van der Waals surface area (Å²) in [4.78, 5) is 4.72. The molecule has 0 amide bonds. The highest BCUT2D eigenvalue weighted by Gasteiger charge is 2.21. The van der Waals surface area contributed by atoms with Crippen LogP contribution < -0.4 is 9.80 Å². The average molecular weight is 761 g/mol. The third-order valence-corrected chi connectivity index (χ3v) is 12.2. The van der Waals surface area contributed by atoms with Crippen molar-refractivity contribution in [1.29, 1.82) is 0 Å². The van der Waals surface area contributed by atoms with E-state index in [1.54, 1.807) is 0 Å². The molecule has 0 aliphatic carbocycles. The summed E-state index contributed by atoms with van der Waals surface area (Å²) in [5.41, 5.74) is 13.3. The molecule has 0 aliphatic heterocycles. The monoisotopic (exact) mass is 760 g/mol. The van der Waals surface area contributed by atoms with Crippen molar-refractivity contribution in [3.8, 4) is 22.3 Å². The van der Waals surface area contributed by atoms with Gasteiger partial charge in [0.15, 0.2) is 0 Å². The molecule has 0 spiro atoms. The van der Waals surface area contributed by atoms with Crippen molar-refractivity contribution < 1.29 is 4.42 Å². The fourth-order valence-electron chi connectivity index (χ4n) is 8.38. The first kappa shape index (κ1) is 33.9. The molecule has 0 saturated heterocycles. The predicted octanol–water partition coefficient (Wildman–Crippen LogP) is 16.2. The van der Waals surface area contributed by atoms with Gasteiger partial charge in [-0.05, 0) is 113 Å². The minimum atomic E-state index is 0.908. The van der Waals surface area contributed by atoms with Crippen LogP contribution in [0.4, 0.5) is 34.1 Å². The van der Waals surface area contributed by atoms with Gasteiger partial charge in [0.25, 0.3) is 0 Å². The molecule has 0 atom stereocenters. The topological polar surface area (TPSA) is 19.6 Å². The van der Waals surface area contributed by atoms with Crippen LogP contribution in [0.1, 0.15) is 0 Å². The van der Waals surface area contributed by atoms with Crippen molar-refractivity contribution in [2.24, 2.45) is 0 Å². The Morgan fingerprint density at radius 2 is 0.914 bits per heavy atom. The summed E-state index contributed by atoms with van der Waals surface area (Å²) in [6, 6.07) is 78.0. The second-order valence-corrected chi connectivity index (χ2v) is 15.6. The van der Waals surface area contributed by atoms with Gasteiger partial charge in [0, 0.05) is 54.7 Å². The molecule has 0 N–H and O–H groups in total. The molecule has 0 aliphatic rings. The van der Waals surface area contributed by atoms with Gasteiger partial charge in [-0.3, -0.25) is 0 Å². The minimum Gasteiger partial charge on any atom is -0.456 e. The van der Waals surface area contributed by atoms with E-state index in [4.69, 9.17) is 4.42 Å². The fraction of sp³-hybridized carbons (Fsp3) is 0. The highest BCUT2D eigenvalue weighted by atomic mass is 32.1. The Labute approximate surface area is 340 Å². The normalized spacial score (nSPS) is 11.4. The van der Waals surface area contributed by atoms with Crippen LogP contribution in [0.15, 0.2) is 223 Å². The van der Waals surface area contributed by atoms with Crippen LogP contribution in [-0.4, -0.2) is 0 Å². The van der Waals surface area contributed by atoms with Crippen molar-refractivity contribution in [2.75, 3.05) is 9.80 Å². The van der Waals surface area contributed by atoms with Crippen LogP contribution in [0.5, 0.6) is 0 Å². The number of thiophene rings is 1. The van der Waals surface area contributed by atoms with Crippen LogP contribution >= 0.6 is 11.3 Å². The van der Waals surface area contributed by atoms with E-state index in [1.807, 2.05) is 23.5 Å². The van der Waals surface area contributed by atoms with E-state index in [0.717, 1.165) is 67.2 Å². The quantitative estimate of drug-likeness (QED) is 0.154. The first-order chi connectivity index (χ1) is 28.8. The number of benzene rings is 9. The van der Waals surface area contributed by atoms with Crippen molar-refractivity contribution in [1.82, 2.24) is 0 Å².